The number of pyridine rings is 1. The van der Waals surface area contributed by atoms with Gasteiger partial charge in [0.05, 0.1) is 29.8 Å². The van der Waals surface area contributed by atoms with Crippen LogP contribution >= 0.6 is 11.6 Å². The van der Waals surface area contributed by atoms with Crippen molar-refractivity contribution in [3.05, 3.63) is 75.8 Å². The number of ether oxygens (including phenoxy) is 1. The first-order valence-electron chi connectivity index (χ1n) is 11.8. The smallest absolute Gasteiger partial charge is 0.157 e. The first kappa shape index (κ1) is 22.7. The van der Waals surface area contributed by atoms with E-state index in [1.807, 2.05) is 49.4 Å². The number of halogens is 1. The normalized spacial score (nSPS) is 14.5. The zero-order valence-corrected chi connectivity index (χ0v) is 20.1. The van der Waals surface area contributed by atoms with Crippen molar-refractivity contribution in [2.45, 2.75) is 19.8 Å². The molecule has 7 heteroatoms. The van der Waals surface area contributed by atoms with E-state index >= 15 is 0 Å². The van der Waals surface area contributed by atoms with Gasteiger partial charge in [0.25, 0.3) is 0 Å². The highest BCUT2D eigenvalue weighted by Crippen LogP contribution is 2.33. The van der Waals surface area contributed by atoms with Gasteiger partial charge in [-0.15, -0.1) is 0 Å². The van der Waals surface area contributed by atoms with Crippen LogP contribution in [0.3, 0.4) is 0 Å². The Morgan fingerprint density at radius 1 is 1.12 bits per heavy atom. The van der Waals surface area contributed by atoms with Gasteiger partial charge in [0.2, 0.25) is 0 Å². The third-order valence-corrected chi connectivity index (χ3v) is 6.97. The van der Waals surface area contributed by atoms with E-state index in [0.717, 1.165) is 84.4 Å². The maximum Gasteiger partial charge on any atom is 0.157 e. The first-order valence-corrected chi connectivity index (χ1v) is 12.1. The molecule has 4 aromatic rings. The lowest BCUT2D eigenvalue weighted by atomic mass is 9.97. The van der Waals surface area contributed by atoms with E-state index in [1.165, 1.54) is 0 Å². The molecule has 1 N–H and O–H groups in total. The Morgan fingerprint density at radius 2 is 1.88 bits per heavy atom. The van der Waals surface area contributed by atoms with Crippen molar-refractivity contribution in [2.75, 3.05) is 44.7 Å². The highest BCUT2D eigenvalue weighted by molar-refractivity contribution is 6.31. The summed E-state index contributed by atoms with van der Waals surface area (Å²) in [6.07, 6.45) is 1.65. The van der Waals surface area contributed by atoms with Gasteiger partial charge in [-0.3, -0.25) is 9.30 Å². The molecule has 2 aromatic heterocycles. The molecule has 6 nitrogen and oxygen atoms in total. The van der Waals surface area contributed by atoms with Crippen LogP contribution in [0.5, 0.6) is 0 Å². The Bertz CT molecular complexity index is 1370. The summed E-state index contributed by atoms with van der Waals surface area (Å²) < 4.78 is 7.58. The van der Waals surface area contributed by atoms with Crippen LogP contribution < -0.4 is 5.32 Å². The van der Waals surface area contributed by atoms with Crippen molar-refractivity contribution in [1.82, 2.24) is 14.3 Å². The van der Waals surface area contributed by atoms with Crippen molar-refractivity contribution in [3.63, 3.8) is 0 Å². The molecule has 0 atom stereocenters. The number of aromatic nitrogens is 2. The number of hydrogen-bond acceptors (Lipinski definition) is 5. The zero-order valence-electron chi connectivity index (χ0n) is 19.4. The molecule has 1 aliphatic rings. The summed E-state index contributed by atoms with van der Waals surface area (Å²) in [6, 6.07) is 18.4. The second-order valence-electron chi connectivity index (χ2n) is 8.70. The van der Waals surface area contributed by atoms with Gasteiger partial charge < -0.3 is 10.1 Å². The number of para-hydroxylation sites is 2. The summed E-state index contributed by atoms with van der Waals surface area (Å²) in [4.78, 5) is 7.27. The molecule has 5 rings (SSSR count). The molecular weight excluding hydrogens is 446 g/mol. The second kappa shape index (κ2) is 10.0. The topological polar surface area (TPSA) is 65.6 Å². The molecule has 3 heterocycles. The lowest BCUT2D eigenvalue weighted by Gasteiger charge is -2.26. The third-order valence-electron chi connectivity index (χ3n) is 6.61. The third kappa shape index (κ3) is 4.35. The van der Waals surface area contributed by atoms with Gasteiger partial charge in [-0.05, 0) is 49.2 Å². The Labute approximate surface area is 204 Å². The molecule has 0 saturated carbocycles. The van der Waals surface area contributed by atoms with Crippen molar-refractivity contribution in [1.29, 1.82) is 5.26 Å². The summed E-state index contributed by atoms with van der Waals surface area (Å²) in [7, 11) is 0. The zero-order chi connectivity index (χ0) is 23.5. The summed E-state index contributed by atoms with van der Waals surface area (Å²) in [6.45, 7) is 7.47. The SMILES string of the molecule is Cc1c(Cc2ccccc2Cl)c(NCCCN2CCOCC2)n2c(nc3ccccc32)c1C#N. The molecule has 0 unspecified atom stereocenters. The maximum absolute atomic E-state index is 10.1. The number of benzene rings is 2. The molecule has 0 bridgehead atoms. The Hall–Kier alpha value is -3.11. The van der Waals surface area contributed by atoms with Crippen LogP contribution in [0.1, 0.15) is 28.7 Å². The minimum atomic E-state index is 0.608. The van der Waals surface area contributed by atoms with Crippen LogP contribution in [0.25, 0.3) is 16.7 Å². The van der Waals surface area contributed by atoms with E-state index < -0.39 is 0 Å². The number of rotatable bonds is 7. The number of nitrogens with zero attached hydrogens (tertiary/aromatic N) is 4. The fourth-order valence-electron chi connectivity index (χ4n) is 4.75. The van der Waals surface area contributed by atoms with Gasteiger partial charge >= 0.3 is 0 Å². The highest BCUT2D eigenvalue weighted by Gasteiger charge is 2.21. The number of anilines is 1. The highest BCUT2D eigenvalue weighted by atomic mass is 35.5. The van der Waals surface area contributed by atoms with Crippen LogP contribution in [-0.4, -0.2) is 53.7 Å². The quantitative estimate of drug-likeness (QED) is 0.381. The van der Waals surface area contributed by atoms with E-state index in [0.29, 0.717) is 17.6 Å². The molecule has 1 aliphatic heterocycles. The molecule has 174 valence electrons. The van der Waals surface area contributed by atoms with E-state index in [4.69, 9.17) is 21.3 Å². The molecular formula is C27H28ClN5O. The van der Waals surface area contributed by atoms with E-state index in [2.05, 4.69) is 26.8 Å². The van der Waals surface area contributed by atoms with Crippen molar-refractivity contribution >= 4 is 34.1 Å². The molecule has 0 amide bonds. The molecule has 2 aromatic carbocycles. The summed E-state index contributed by atoms with van der Waals surface area (Å²) in [5.74, 6) is 0.988. The number of imidazole rings is 1. The van der Waals surface area contributed by atoms with Crippen molar-refractivity contribution in [2.24, 2.45) is 0 Å². The van der Waals surface area contributed by atoms with Gasteiger partial charge in [-0.25, -0.2) is 4.98 Å². The van der Waals surface area contributed by atoms with E-state index in [-0.39, 0.29) is 0 Å². The molecule has 0 aliphatic carbocycles. The van der Waals surface area contributed by atoms with Crippen LogP contribution in [-0.2, 0) is 11.2 Å². The Kier molecular flexibility index (Phi) is 6.68. The average molecular weight is 474 g/mol. The van der Waals surface area contributed by atoms with Crippen molar-refractivity contribution < 1.29 is 4.74 Å². The number of nitriles is 1. The summed E-state index contributed by atoms with van der Waals surface area (Å²) >= 11 is 6.54. The maximum atomic E-state index is 10.1. The van der Waals surface area contributed by atoms with Gasteiger partial charge in [0.1, 0.15) is 11.9 Å². The fourth-order valence-corrected chi connectivity index (χ4v) is 4.96. The van der Waals surface area contributed by atoms with E-state index in [1.54, 1.807) is 0 Å². The molecule has 0 spiro atoms. The average Bonchev–Trinajstić information content (AvgIpc) is 3.24. The first-order chi connectivity index (χ1) is 16.7. The number of fused-ring (bicyclic) bond motifs is 3. The molecule has 1 saturated heterocycles. The Balaban J connectivity index is 1.57. The van der Waals surface area contributed by atoms with Gasteiger partial charge in [0.15, 0.2) is 5.65 Å². The number of nitrogens with one attached hydrogen (secondary N) is 1. The molecule has 0 radical (unpaired) electrons. The van der Waals surface area contributed by atoms with Gasteiger partial charge in [-0.1, -0.05) is 41.9 Å². The Morgan fingerprint density at radius 3 is 2.68 bits per heavy atom. The standard InChI is InChI=1S/C27H28ClN5O/c1-19-21(17-20-7-2-3-8-23(20)28)26(30-11-6-12-32-13-15-34-16-14-32)33-25-10-5-4-9-24(25)31-27(33)22(19)18-29/h2-5,7-10,30H,6,11-17H2,1H3. The molecule has 1 fully saturated rings. The van der Waals surface area contributed by atoms with Crippen LogP contribution in [0, 0.1) is 18.3 Å². The second-order valence-corrected chi connectivity index (χ2v) is 9.11. The predicted molar refractivity (Wildman–Crippen MR) is 137 cm³/mol. The van der Waals surface area contributed by atoms with E-state index in [9.17, 15) is 5.26 Å². The lowest BCUT2D eigenvalue weighted by Crippen LogP contribution is -2.37. The van der Waals surface area contributed by atoms with Crippen LogP contribution in [0.15, 0.2) is 48.5 Å². The monoisotopic (exact) mass is 473 g/mol. The van der Waals surface area contributed by atoms with Gasteiger partial charge in [-0.2, -0.15) is 5.26 Å². The predicted octanol–water partition coefficient (Wildman–Crippen LogP) is 5.05. The van der Waals surface area contributed by atoms with Crippen molar-refractivity contribution in [3.8, 4) is 6.07 Å². The lowest BCUT2D eigenvalue weighted by molar-refractivity contribution is 0.0378. The summed E-state index contributed by atoms with van der Waals surface area (Å²) in [5, 5.41) is 14.5. The van der Waals surface area contributed by atoms with Crippen LogP contribution in [0.2, 0.25) is 5.02 Å². The summed E-state index contributed by atoms with van der Waals surface area (Å²) in [5.41, 5.74) is 6.23. The van der Waals surface area contributed by atoms with Crippen LogP contribution in [0.4, 0.5) is 5.82 Å². The fraction of sp³-hybridized carbons (Fsp3) is 0.333. The molecule has 34 heavy (non-hydrogen) atoms. The largest absolute Gasteiger partial charge is 0.379 e. The minimum absolute atomic E-state index is 0.608. The minimum Gasteiger partial charge on any atom is -0.379 e. The number of hydrogen-bond donors (Lipinski definition) is 1. The number of morpholine rings is 1. The van der Waals surface area contributed by atoms with Gasteiger partial charge in [0, 0.05) is 36.6 Å².